The van der Waals surface area contributed by atoms with Crippen LogP contribution in [-0.2, 0) is 0 Å². The van der Waals surface area contributed by atoms with Crippen molar-refractivity contribution in [2.75, 3.05) is 46.2 Å². The summed E-state index contributed by atoms with van der Waals surface area (Å²) in [7, 11) is 5.61. The van der Waals surface area contributed by atoms with Gasteiger partial charge in [0, 0.05) is 37.0 Å². The molecule has 1 aliphatic heterocycles. The molecule has 1 atom stereocenters. The van der Waals surface area contributed by atoms with Crippen molar-refractivity contribution in [3.8, 4) is 5.75 Å². The van der Waals surface area contributed by atoms with Gasteiger partial charge in [0.1, 0.15) is 11.3 Å². The van der Waals surface area contributed by atoms with E-state index in [9.17, 15) is 14.9 Å². The number of methoxy groups -OCH3 is 1. The summed E-state index contributed by atoms with van der Waals surface area (Å²) in [6.45, 7) is 1.83. The maximum absolute atomic E-state index is 12.8. The predicted molar refractivity (Wildman–Crippen MR) is 116 cm³/mol. The largest absolute Gasteiger partial charge is 0.496 e. The number of likely N-dealkylation sites (tertiary alicyclic amines) is 1. The number of rotatable bonds is 8. The Balaban J connectivity index is 1.84. The highest BCUT2D eigenvalue weighted by Gasteiger charge is 2.27. The summed E-state index contributed by atoms with van der Waals surface area (Å²) in [5, 5.41) is 14.8. The zero-order chi connectivity index (χ0) is 21.7. The highest BCUT2D eigenvalue weighted by atomic mass is 16.6. The molecule has 0 spiro atoms. The fraction of sp³-hybridized carbons (Fsp3) is 0.409. The highest BCUT2D eigenvalue weighted by Crippen LogP contribution is 2.30. The summed E-state index contributed by atoms with van der Waals surface area (Å²) in [6.07, 6.45) is 1.86. The molecule has 30 heavy (non-hydrogen) atoms. The van der Waals surface area contributed by atoms with Crippen LogP contribution in [0.25, 0.3) is 0 Å². The number of likely N-dealkylation sites (N-methyl/N-ethyl adjacent to an activating group) is 1. The number of nitro groups is 1. The van der Waals surface area contributed by atoms with Crippen LogP contribution in [0.15, 0.2) is 42.5 Å². The lowest BCUT2D eigenvalue weighted by Crippen LogP contribution is -2.29. The Labute approximate surface area is 176 Å². The fourth-order valence-corrected chi connectivity index (χ4v) is 3.79. The quantitative estimate of drug-likeness (QED) is 0.527. The first-order valence-electron chi connectivity index (χ1n) is 10.0. The Hall–Kier alpha value is -3.13. The molecule has 8 heteroatoms. The molecule has 2 aromatic rings. The van der Waals surface area contributed by atoms with Crippen LogP contribution in [0.3, 0.4) is 0 Å². The first kappa shape index (κ1) is 21.6. The van der Waals surface area contributed by atoms with E-state index in [1.807, 2.05) is 38.4 Å². The van der Waals surface area contributed by atoms with Gasteiger partial charge in [0.25, 0.3) is 11.6 Å². The zero-order valence-electron chi connectivity index (χ0n) is 17.6. The van der Waals surface area contributed by atoms with Crippen LogP contribution < -0.4 is 10.1 Å². The first-order chi connectivity index (χ1) is 14.4. The number of nitro benzene ring substituents is 1. The summed E-state index contributed by atoms with van der Waals surface area (Å²) in [6, 6.07) is 12.5. The molecule has 0 bridgehead atoms. The van der Waals surface area contributed by atoms with Gasteiger partial charge in [0.2, 0.25) is 0 Å². The third-order valence-corrected chi connectivity index (χ3v) is 5.44. The van der Waals surface area contributed by atoms with Gasteiger partial charge in [-0.25, -0.2) is 0 Å². The molecule has 8 nitrogen and oxygen atoms in total. The first-order valence-corrected chi connectivity index (χ1v) is 10.0. The van der Waals surface area contributed by atoms with Crippen molar-refractivity contribution >= 4 is 17.3 Å². The molecule has 2 aromatic carbocycles. The van der Waals surface area contributed by atoms with E-state index in [0.29, 0.717) is 25.3 Å². The minimum Gasteiger partial charge on any atom is -0.496 e. The van der Waals surface area contributed by atoms with E-state index < -0.39 is 4.92 Å². The molecule has 1 fully saturated rings. The van der Waals surface area contributed by atoms with Crippen LogP contribution in [0.5, 0.6) is 5.75 Å². The van der Waals surface area contributed by atoms with Crippen molar-refractivity contribution in [2.45, 2.75) is 18.9 Å². The number of carbonyl (C=O) groups is 1. The average Bonchev–Trinajstić information content (AvgIpc) is 3.28. The lowest BCUT2D eigenvalue weighted by atomic mass is 10.0. The van der Waals surface area contributed by atoms with E-state index in [2.05, 4.69) is 10.2 Å². The number of benzene rings is 2. The van der Waals surface area contributed by atoms with Gasteiger partial charge in [0.05, 0.1) is 18.1 Å². The van der Waals surface area contributed by atoms with Crippen molar-refractivity contribution in [3.63, 3.8) is 0 Å². The molecule has 0 radical (unpaired) electrons. The van der Waals surface area contributed by atoms with Crippen LogP contribution in [0.2, 0.25) is 0 Å². The molecule has 1 saturated heterocycles. The molecule has 0 aliphatic carbocycles. The molecule has 0 saturated carbocycles. The zero-order valence-corrected chi connectivity index (χ0v) is 17.6. The monoisotopic (exact) mass is 412 g/mol. The van der Waals surface area contributed by atoms with Gasteiger partial charge < -0.3 is 19.9 Å². The van der Waals surface area contributed by atoms with Crippen LogP contribution in [0, 0.1) is 10.1 Å². The number of hydrogen-bond acceptors (Lipinski definition) is 6. The van der Waals surface area contributed by atoms with Crippen LogP contribution >= 0.6 is 0 Å². The van der Waals surface area contributed by atoms with Crippen molar-refractivity contribution in [1.82, 2.24) is 9.80 Å². The second kappa shape index (κ2) is 9.58. The molecule has 160 valence electrons. The van der Waals surface area contributed by atoms with E-state index in [-0.39, 0.29) is 23.2 Å². The fourth-order valence-electron chi connectivity index (χ4n) is 3.79. The Bertz CT molecular complexity index is 910. The maximum Gasteiger partial charge on any atom is 0.282 e. The second-order valence-electron chi connectivity index (χ2n) is 7.59. The van der Waals surface area contributed by atoms with E-state index in [4.69, 9.17) is 4.74 Å². The lowest BCUT2D eigenvalue weighted by molar-refractivity contribution is -0.385. The maximum atomic E-state index is 12.8. The number of nitrogens with zero attached hydrogens (tertiary/aromatic N) is 3. The molecule has 1 aliphatic rings. The van der Waals surface area contributed by atoms with E-state index in [1.54, 1.807) is 24.1 Å². The Morgan fingerprint density at radius 1 is 1.23 bits per heavy atom. The molecule has 1 amide bonds. The molecule has 0 aromatic heterocycles. The van der Waals surface area contributed by atoms with Gasteiger partial charge in [-0.15, -0.1) is 0 Å². The number of amides is 1. The minimum absolute atomic E-state index is 0.00840. The summed E-state index contributed by atoms with van der Waals surface area (Å²) >= 11 is 0. The van der Waals surface area contributed by atoms with Crippen LogP contribution in [-0.4, -0.2) is 61.5 Å². The molecule has 3 rings (SSSR count). The average molecular weight is 412 g/mol. The summed E-state index contributed by atoms with van der Waals surface area (Å²) in [4.78, 5) is 27.6. The molecular weight excluding hydrogens is 384 g/mol. The van der Waals surface area contributed by atoms with Crippen molar-refractivity contribution in [1.29, 1.82) is 0 Å². The summed E-state index contributed by atoms with van der Waals surface area (Å²) < 4.78 is 5.50. The number of carbonyl (C=O) groups excluding carboxylic acids is 1. The number of nitrogens with one attached hydrogen (secondary N) is 1. The van der Waals surface area contributed by atoms with E-state index in [1.165, 1.54) is 6.07 Å². The Morgan fingerprint density at radius 2 is 1.93 bits per heavy atom. The standard InChI is InChI=1S/C22H28N4O4/c1-24(2)20(17-8-4-5-9-21(17)30-3)15-23-16-10-11-19(26(28)29)18(14-16)22(27)25-12-6-7-13-25/h4-5,8-11,14,20,23H,6-7,12-13,15H2,1-3H3. The third-order valence-electron chi connectivity index (χ3n) is 5.44. The molecular formula is C22H28N4O4. The Kier molecular flexibility index (Phi) is 6.89. The minimum atomic E-state index is -0.495. The van der Waals surface area contributed by atoms with E-state index in [0.717, 1.165) is 24.2 Å². The van der Waals surface area contributed by atoms with Gasteiger partial charge in [-0.3, -0.25) is 14.9 Å². The Morgan fingerprint density at radius 3 is 2.57 bits per heavy atom. The number of anilines is 1. The molecule has 1 unspecified atom stereocenters. The van der Waals surface area contributed by atoms with Gasteiger partial charge in [-0.05, 0) is 45.1 Å². The molecule has 1 N–H and O–H groups in total. The normalized spacial score (nSPS) is 14.6. The SMILES string of the molecule is COc1ccccc1C(CNc1ccc([N+](=O)[O-])c(C(=O)N2CCCC2)c1)N(C)C. The number of hydrogen-bond donors (Lipinski definition) is 1. The summed E-state index contributed by atoms with van der Waals surface area (Å²) in [5.41, 5.74) is 1.68. The highest BCUT2D eigenvalue weighted by molar-refractivity contribution is 5.99. The summed E-state index contributed by atoms with van der Waals surface area (Å²) in [5.74, 6) is 0.517. The van der Waals surface area contributed by atoms with Gasteiger partial charge in [-0.1, -0.05) is 18.2 Å². The van der Waals surface area contributed by atoms with Crippen LogP contribution in [0.1, 0.15) is 34.8 Å². The molecule has 1 heterocycles. The third kappa shape index (κ3) is 4.71. The van der Waals surface area contributed by atoms with Crippen LogP contribution in [0.4, 0.5) is 11.4 Å². The van der Waals surface area contributed by atoms with Gasteiger partial charge in [-0.2, -0.15) is 0 Å². The smallest absolute Gasteiger partial charge is 0.282 e. The van der Waals surface area contributed by atoms with E-state index >= 15 is 0 Å². The number of ether oxygens (including phenoxy) is 1. The van der Waals surface area contributed by atoms with Gasteiger partial charge >= 0.3 is 0 Å². The van der Waals surface area contributed by atoms with Crippen molar-refractivity contribution in [2.24, 2.45) is 0 Å². The van der Waals surface area contributed by atoms with Crippen molar-refractivity contribution < 1.29 is 14.5 Å². The van der Waals surface area contributed by atoms with Crippen molar-refractivity contribution in [3.05, 3.63) is 63.7 Å². The topological polar surface area (TPSA) is 87.9 Å². The lowest BCUT2D eigenvalue weighted by Gasteiger charge is -2.27. The number of para-hydroxylation sites is 1. The second-order valence-corrected chi connectivity index (χ2v) is 7.59. The predicted octanol–water partition coefficient (Wildman–Crippen LogP) is 3.55. The van der Waals surface area contributed by atoms with Gasteiger partial charge in [0.15, 0.2) is 0 Å².